The minimum absolute atomic E-state index is 0.453. The Labute approximate surface area is 151 Å². The van der Waals surface area contributed by atoms with Crippen LogP contribution in [0.1, 0.15) is 11.1 Å². The van der Waals surface area contributed by atoms with E-state index >= 15 is 0 Å². The van der Waals surface area contributed by atoms with Crippen LogP contribution in [-0.4, -0.2) is 6.16 Å². The second-order valence-electron chi connectivity index (χ2n) is 6.42. The van der Waals surface area contributed by atoms with E-state index in [-0.39, 0.29) is 0 Å². The third-order valence-electron chi connectivity index (χ3n) is 4.35. The van der Waals surface area contributed by atoms with Crippen molar-refractivity contribution >= 4 is 27.7 Å². The number of hydrogen-bond acceptors (Lipinski definition) is 3. The first-order valence-corrected chi connectivity index (χ1v) is 8.48. The van der Waals surface area contributed by atoms with Gasteiger partial charge in [0.05, 0.1) is 0 Å². The van der Waals surface area contributed by atoms with Gasteiger partial charge >= 0.3 is 6.16 Å². The Balaban J connectivity index is 1.83. The number of ether oxygens (including phenoxy) is 2. The van der Waals surface area contributed by atoms with Crippen molar-refractivity contribution < 1.29 is 14.3 Å². The van der Waals surface area contributed by atoms with E-state index in [1.807, 2.05) is 56.3 Å². The van der Waals surface area contributed by atoms with Crippen LogP contribution in [0, 0.1) is 13.8 Å². The minimum Gasteiger partial charge on any atom is -0.395 e. The van der Waals surface area contributed by atoms with Crippen molar-refractivity contribution in [3.63, 3.8) is 0 Å². The van der Waals surface area contributed by atoms with Gasteiger partial charge in [-0.2, -0.15) is 0 Å². The average molecular weight is 342 g/mol. The second kappa shape index (κ2) is 6.52. The van der Waals surface area contributed by atoms with E-state index in [4.69, 9.17) is 9.47 Å². The van der Waals surface area contributed by atoms with E-state index in [0.29, 0.717) is 11.5 Å². The van der Waals surface area contributed by atoms with E-state index in [0.717, 1.165) is 32.7 Å². The van der Waals surface area contributed by atoms with Gasteiger partial charge in [0.2, 0.25) is 0 Å². The molecular weight excluding hydrogens is 324 g/mol. The van der Waals surface area contributed by atoms with Gasteiger partial charge in [0.1, 0.15) is 11.5 Å². The smallest absolute Gasteiger partial charge is 0.395 e. The molecular formula is C23H18O3. The molecule has 0 saturated heterocycles. The lowest BCUT2D eigenvalue weighted by molar-refractivity contribution is 0.153. The zero-order valence-corrected chi connectivity index (χ0v) is 14.7. The van der Waals surface area contributed by atoms with Crippen LogP contribution in [0.4, 0.5) is 4.79 Å². The number of aryl methyl sites for hydroxylation is 2. The SMILES string of the molecule is Cc1ccc2cc3ccc(C)cc3c(OC(=O)Oc3ccccc3)c2c1. The molecule has 0 fully saturated rings. The van der Waals surface area contributed by atoms with Crippen LogP contribution in [0.25, 0.3) is 21.5 Å². The van der Waals surface area contributed by atoms with Crippen molar-refractivity contribution in [1.82, 2.24) is 0 Å². The third kappa shape index (κ3) is 3.11. The molecule has 0 unspecified atom stereocenters. The highest BCUT2D eigenvalue weighted by Gasteiger charge is 2.15. The molecule has 26 heavy (non-hydrogen) atoms. The maximum atomic E-state index is 12.4. The first-order chi connectivity index (χ1) is 12.6. The van der Waals surface area contributed by atoms with Gasteiger partial charge in [-0.05, 0) is 55.0 Å². The number of rotatable bonds is 2. The standard InChI is InChI=1S/C23H18O3/c1-15-8-10-17-14-18-11-9-16(2)13-21(18)22(20(17)12-15)26-23(24)25-19-6-4-3-5-7-19/h3-14H,1-2H3. The fourth-order valence-corrected chi connectivity index (χ4v) is 3.10. The first-order valence-electron chi connectivity index (χ1n) is 8.48. The number of hydrogen-bond donors (Lipinski definition) is 0. The normalized spacial score (nSPS) is 10.8. The van der Waals surface area contributed by atoms with Crippen LogP contribution in [-0.2, 0) is 0 Å². The van der Waals surface area contributed by atoms with Crippen LogP contribution in [0.2, 0.25) is 0 Å². The number of carbonyl (C=O) groups excluding carboxylic acids is 1. The van der Waals surface area contributed by atoms with E-state index in [9.17, 15) is 4.79 Å². The topological polar surface area (TPSA) is 35.5 Å². The molecule has 0 N–H and O–H groups in total. The highest BCUT2D eigenvalue weighted by Crippen LogP contribution is 2.36. The Morgan fingerprint density at radius 3 is 1.85 bits per heavy atom. The molecule has 4 rings (SSSR count). The van der Waals surface area contributed by atoms with Gasteiger partial charge in [0, 0.05) is 10.8 Å². The van der Waals surface area contributed by atoms with Gasteiger partial charge in [0.15, 0.2) is 0 Å². The van der Waals surface area contributed by atoms with Crippen molar-refractivity contribution in [2.45, 2.75) is 13.8 Å². The van der Waals surface area contributed by atoms with Crippen molar-refractivity contribution in [3.8, 4) is 11.5 Å². The van der Waals surface area contributed by atoms with Gasteiger partial charge in [-0.25, -0.2) is 4.79 Å². The molecule has 3 nitrogen and oxygen atoms in total. The molecule has 4 aromatic carbocycles. The lowest BCUT2D eigenvalue weighted by Crippen LogP contribution is -2.14. The van der Waals surface area contributed by atoms with E-state index in [1.165, 1.54) is 0 Å². The largest absolute Gasteiger partial charge is 0.519 e. The summed E-state index contributed by atoms with van der Waals surface area (Å²) in [6.07, 6.45) is -0.743. The van der Waals surface area contributed by atoms with E-state index < -0.39 is 6.16 Å². The molecule has 0 bridgehead atoms. The molecule has 0 aromatic heterocycles. The van der Waals surface area contributed by atoms with E-state index in [2.05, 4.69) is 18.2 Å². The molecule has 4 aromatic rings. The maximum absolute atomic E-state index is 12.4. The van der Waals surface area contributed by atoms with Gasteiger partial charge in [-0.15, -0.1) is 0 Å². The highest BCUT2D eigenvalue weighted by atomic mass is 16.7. The second-order valence-corrected chi connectivity index (χ2v) is 6.42. The molecule has 0 aliphatic heterocycles. The Hall–Kier alpha value is -3.33. The zero-order valence-electron chi connectivity index (χ0n) is 14.7. The van der Waals surface area contributed by atoms with Crippen LogP contribution in [0.3, 0.4) is 0 Å². The van der Waals surface area contributed by atoms with E-state index in [1.54, 1.807) is 12.1 Å². The lowest BCUT2D eigenvalue weighted by Gasteiger charge is -2.13. The molecule has 0 atom stereocenters. The fourth-order valence-electron chi connectivity index (χ4n) is 3.10. The molecule has 0 amide bonds. The predicted octanol–water partition coefficient (Wildman–Crippen LogP) is 6.19. The van der Waals surface area contributed by atoms with Crippen molar-refractivity contribution in [1.29, 1.82) is 0 Å². The Morgan fingerprint density at radius 1 is 0.692 bits per heavy atom. The maximum Gasteiger partial charge on any atom is 0.519 e. The van der Waals surface area contributed by atoms with Crippen LogP contribution < -0.4 is 9.47 Å². The summed E-state index contributed by atoms with van der Waals surface area (Å²) in [6.45, 7) is 4.04. The molecule has 3 heteroatoms. The molecule has 0 aliphatic carbocycles. The molecule has 0 saturated carbocycles. The molecule has 0 spiro atoms. The highest BCUT2D eigenvalue weighted by molar-refractivity contribution is 6.06. The Kier molecular flexibility index (Phi) is 4.05. The third-order valence-corrected chi connectivity index (χ3v) is 4.35. The summed E-state index contributed by atoms with van der Waals surface area (Å²) >= 11 is 0. The van der Waals surface area contributed by atoms with Gasteiger partial charge in [-0.1, -0.05) is 53.6 Å². The molecule has 0 radical (unpaired) electrons. The predicted molar refractivity (Wildman–Crippen MR) is 104 cm³/mol. The van der Waals surface area contributed by atoms with Gasteiger partial charge < -0.3 is 9.47 Å². The Morgan fingerprint density at radius 2 is 1.27 bits per heavy atom. The van der Waals surface area contributed by atoms with Crippen LogP contribution in [0.5, 0.6) is 11.5 Å². The summed E-state index contributed by atoms with van der Waals surface area (Å²) in [4.78, 5) is 12.4. The summed E-state index contributed by atoms with van der Waals surface area (Å²) in [5, 5.41) is 3.84. The summed E-state index contributed by atoms with van der Waals surface area (Å²) in [5.41, 5.74) is 2.21. The zero-order chi connectivity index (χ0) is 18.1. The summed E-state index contributed by atoms with van der Waals surface area (Å²) in [7, 11) is 0. The number of fused-ring (bicyclic) bond motifs is 2. The summed E-state index contributed by atoms with van der Waals surface area (Å²) in [5.74, 6) is 0.986. The van der Waals surface area contributed by atoms with Crippen molar-refractivity contribution in [2.24, 2.45) is 0 Å². The summed E-state index contributed by atoms with van der Waals surface area (Å²) in [6, 6.07) is 23.3. The number of benzene rings is 4. The lowest BCUT2D eigenvalue weighted by atomic mass is 9.99. The molecule has 0 aliphatic rings. The van der Waals surface area contributed by atoms with Crippen LogP contribution >= 0.6 is 0 Å². The van der Waals surface area contributed by atoms with Crippen molar-refractivity contribution in [2.75, 3.05) is 0 Å². The minimum atomic E-state index is -0.743. The fraction of sp³-hybridized carbons (Fsp3) is 0.0870. The van der Waals surface area contributed by atoms with Crippen molar-refractivity contribution in [3.05, 3.63) is 83.9 Å². The van der Waals surface area contributed by atoms with Gasteiger partial charge in [-0.3, -0.25) is 0 Å². The monoisotopic (exact) mass is 342 g/mol. The average Bonchev–Trinajstić information content (AvgIpc) is 2.63. The number of para-hydroxylation sites is 1. The Bertz CT molecular complexity index is 1050. The molecule has 128 valence electrons. The van der Waals surface area contributed by atoms with Crippen LogP contribution in [0.15, 0.2) is 72.8 Å². The quantitative estimate of drug-likeness (QED) is 0.248. The number of carbonyl (C=O) groups is 1. The first kappa shape index (κ1) is 16.2. The molecule has 0 heterocycles. The summed E-state index contributed by atoms with van der Waals surface area (Å²) < 4.78 is 11.0. The van der Waals surface area contributed by atoms with Gasteiger partial charge in [0.25, 0.3) is 0 Å².